The highest BCUT2D eigenvalue weighted by Crippen LogP contribution is 2.20. The lowest BCUT2D eigenvalue weighted by atomic mass is 10.1. The number of likely N-dealkylation sites (N-methyl/N-ethyl adjacent to an activating group) is 1. The van der Waals surface area contributed by atoms with Crippen molar-refractivity contribution in [3.8, 4) is 0 Å². The largest absolute Gasteiger partial charge is 0.355 e. The minimum atomic E-state index is -0.510. The summed E-state index contributed by atoms with van der Waals surface area (Å²) in [7, 11) is 0. The molecule has 2 aromatic rings. The Morgan fingerprint density at radius 3 is 2.33 bits per heavy atom. The third kappa shape index (κ3) is 6.10. The molecule has 0 saturated carbocycles. The van der Waals surface area contributed by atoms with Crippen LogP contribution in [0.25, 0.3) is 0 Å². The van der Waals surface area contributed by atoms with Crippen LogP contribution in [0.5, 0.6) is 0 Å². The lowest BCUT2D eigenvalue weighted by Gasteiger charge is -2.31. The highest BCUT2D eigenvalue weighted by Gasteiger charge is 2.28. The van der Waals surface area contributed by atoms with E-state index in [1.165, 1.54) is 0 Å². The first-order valence-corrected chi connectivity index (χ1v) is 9.79. The van der Waals surface area contributed by atoms with E-state index in [1.54, 1.807) is 11.0 Å². The first-order chi connectivity index (χ1) is 13.1. The second-order valence-electron chi connectivity index (χ2n) is 6.42. The van der Waals surface area contributed by atoms with Gasteiger partial charge in [-0.15, -0.1) is 0 Å². The molecule has 0 aromatic heterocycles. The maximum Gasteiger partial charge on any atom is 0.242 e. The van der Waals surface area contributed by atoms with Crippen molar-refractivity contribution >= 4 is 23.4 Å². The molecule has 0 aliphatic rings. The van der Waals surface area contributed by atoms with E-state index in [9.17, 15) is 9.59 Å². The molecule has 0 spiro atoms. The summed E-state index contributed by atoms with van der Waals surface area (Å²) in [6.07, 6.45) is 1.54. The SMILES string of the molecule is CCNC(=O)[C@@H](CC)N(Cc1ccccc1Cl)C(=O)CCc1ccccc1. The molecular weight excluding hydrogens is 360 g/mol. The van der Waals surface area contributed by atoms with Crippen LogP contribution in [0.15, 0.2) is 54.6 Å². The topological polar surface area (TPSA) is 49.4 Å². The van der Waals surface area contributed by atoms with E-state index in [-0.39, 0.29) is 11.8 Å². The third-order valence-corrected chi connectivity index (χ3v) is 4.87. The van der Waals surface area contributed by atoms with Gasteiger partial charge in [0.25, 0.3) is 0 Å². The Balaban J connectivity index is 2.20. The van der Waals surface area contributed by atoms with Gasteiger partial charge in [-0.25, -0.2) is 0 Å². The number of carbonyl (C=O) groups excluding carboxylic acids is 2. The van der Waals surface area contributed by atoms with Crippen molar-refractivity contribution in [3.05, 3.63) is 70.7 Å². The molecule has 27 heavy (non-hydrogen) atoms. The average molecular weight is 387 g/mol. The summed E-state index contributed by atoms with van der Waals surface area (Å²) < 4.78 is 0. The van der Waals surface area contributed by atoms with Gasteiger partial charge in [0.2, 0.25) is 11.8 Å². The molecule has 0 radical (unpaired) electrons. The number of rotatable bonds is 9. The molecule has 5 heteroatoms. The van der Waals surface area contributed by atoms with Gasteiger partial charge in [-0.3, -0.25) is 9.59 Å². The molecule has 0 saturated heterocycles. The second-order valence-corrected chi connectivity index (χ2v) is 6.82. The monoisotopic (exact) mass is 386 g/mol. The highest BCUT2D eigenvalue weighted by molar-refractivity contribution is 6.31. The molecule has 0 bridgehead atoms. The Labute approximate surface area is 166 Å². The van der Waals surface area contributed by atoms with Crippen molar-refractivity contribution in [2.45, 2.75) is 45.7 Å². The Hall–Kier alpha value is -2.33. The quantitative estimate of drug-likeness (QED) is 0.701. The lowest BCUT2D eigenvalue weighted by molar-refractivity contribution is -0.141. The highest BCUT2D eigenvalue weighted by atomic mass is 35.5. The van der Waals surface area contributed by atoms with E-state index >= 15 is 0 Å². The van der Waals surface area contributed by atoms with E-state index in [0.29, 0.717) is 37.4 Å². The van der Waals surface area contributed by atoms with Crippen LogP contribution >= 0.6 is 11.6 Å². The average Bonchev–Trinajstić information content (AvgIpc) is 2.68. The van der Waals surface area contributed by atoms with Crippen LogP contribution in [0.1, 0.15) is 37.8 Å². The molecule has 2 rings (SSSR count). The second kappa shape index (κ2) is 10.7. The van der Waals surface area contributed by atoms with Gasteiger partial charge in [0.1, 0.15) is 6.04 Å². The number of hydrogen-bond donors (Lipinski definition) is 1. The number of nitrogens with one attached hydrogen (secondary N) is 1. The summed E-state index contributed by atoms with van der Waals surface area (Å²) in [5, 5.41) is 3.44. The molecule has 0 aliphatic heterocycles. The minimum Gasteiger partial charge on any atom is -0.355 e. The number of benzene rings is 2. The van der Waals surface area contributed by atoms with Crippen molar-refractivity contribution in [2.24, 2.45) is 0 Å². The molecule has 0 fully saturated rings. The Morgan fingerprint density at radius 2 is 1.70 bits per heavy atom. The third-order valence-electron chi connectivity index (χ3n) is 4.51. The Bertz CT molecular complexity index is 749. The van der Waals surface area contributed by atoms with E-state index < -0.39 is 6.04 Å². The van der Waals surface area contributed by atoms with Crippen LogP contribution in [0.4, 0.5) is 0 Å². The summed E-state index contributed by atoms with van der Waals surface area (Å²) in [6, 6.07) is 16.8. The van der Waals surface area contributed by atoms with Gasteiger partial charge in [0.05, 0.1) is 0 Å². The van der Waals surface area contributed by atoms with Crippen molar-refractivity contribution < 1.29 is 9.59 Å². The van der Waals surface area contributed by atoms with Gasteiger partial charge in [0.15, 0.2) is 0 Å². The van der Waals surface area contributed by atoms with Crippen molar-refractivity contribution in [1.29, 1.82) is 0 Å². The van der Waals surface area contributed by atoms with Gasteiger partial charge in [-0.05, 0) is 37.0 Å². The van der Waals surface area contributed by atoms with Crippen LogP contribution in [0.3, 0.4) is 0 Å². The number of hydrogen-bond acceptors (Lipinski definition) is 2. The predicted molar refractivity (Wildman–Crippen MR) is 110 cm³/mol. The molecule has 144 valence electrons. The van der Waals surface area contributed by atoms with E-state index in [2.05, 4.69) is 5.32 Å². The van der Waals surface area contributed by atoms with Gasteiger partial charge in [-0.2, -0.15) is 0 Å². The van der Waals surface area contributed by atoms with E-state index in [4.69, 9.17) is 11.6 Å². The maximum absolute atomic E-state index is 13.0. The van der Waals surface area contributed by atoms with Gasteiger partial charge >= 0.3 is 0 Å². The van der Waals surface area contributed by atoms with Crippen LogP contribution in [0, 0.1) is 0 Å². The summed E-state index contributed by atoms with van der Waals surface area (Å²) in [6.45, 7) is 4.65. The van der Waals surface area contributed by atoms with E-state index in [0.717, 1.165) is 11.1 Å². The molecule has 2 amide bonds. The Kier molecular flexibility index (Phi) is 8.34. The maximum atomic E-state index is 13.0. The minimum absolute atomic E-state index is 0.0446. The zero-order valence-electron chi connectivity index (χ0n) is 16.0. The van der Waals surface area contributed by atoms with Crippen molar-refractivity contribution in [2.75, 3.05) is 6.54 Å². The molecule has 0 unspecified atom stereocenters. The standard InChI is InChI=1S/C22H27ClN2O2/c1-3-20(22(27)24-4-2)25(16-18-12-8-9-13-19(18)23)21(26)15-14-17-10-6-5-7-11-17/h5-13,20H,3-4,14-16H2,1-2H3,(H,24,27)/t20-/m1/s1. The first-order valence-electron chi connectivity index (χ1n) is 9.41. The molecule has 4 nitrogen and oxygen atoms in total. The van der Waals surface area contributed by atoms with Crippen molar-refractivity contribution in [3.63, 3.8) is 0 Å². The van der Waals surface area contributed by atoms with Crippen LogP contribution in [-0.4, -0.2) is 29.3 Å². The van der Waals surface area contributed by atoms with Gasteiger partial charge in [0, 0.05) is 24.5 Å². The number of carbonyl (C=O) groups is 2. The normalized spacial score (nSPS) is 11.7. The molecule has 2 aromatic carbocycles. The molecule has 1 N–H and O–H groups in total. The van der Waals surface area contributed by atoms with Crippen molar-refractivity contribution in [1.82, 2.24) is 10.2 Å². The fourth-order valence-corrected chi connectivity index (χ4v) is 3.26. The zero-order chi connectivity index (χ0) is 19.6. The fourth-order valence-electron chi connectivity index (χ4n) is 3.06. The zero-order valence-corrected chi connectivity index (χ0v) is 16.7. The predicted octanol–water partition coefficient (Wildman–Crippen LogP) is 4.22. The number of aryl methyl sites for hydroxylation is 1. The van der Waals surface area contributed by atoms with Crippen LogP contribution < -0.4 is 5.32 Å². The number of halogens is 1. The summed E-state index contributed by atoms with van der Waals surface area (Å²) >= 11 is 6.30. The van der Waals surface area contributed by atoms with Gasteiger partial charge < -0.3 is 10.2 Å². The number of nitrogens with zero attached hydrogens (tertiary/aromatic N) is 1. The van der Waals surface area contributed by atoms with Crippen LogP contribution in [0.2, 0.25) is 5.02 Å². The molecule has 0 aliphatic carbocycles. The summed E-state index contributed by atoms with van der Waals surface area (Å²) in [5.41, 5.74) is 1.95. The molecule has 1 atom stereocenters. The number of amides is 2. The smallest absolute Gasteiger partial charge is 0.242 e. The lowest BCUT2D eigenvalue weighted by Crippen LogP contribution is -2.49. The van der Waals surface area contributed by atoms with Crippen LogP contribution in [-0.2, 0) is 22.6 Å². The summed E-state index contributed by atoms with van der Waals surface area (Å²) in [5.74, 6) is -0.169. The van der Waals surface area contributed by atoms with Gasteiger partial charge in [-0.1, -0.05) is 67.1 Å². The Morgan fingerprint density at radius 1 is 1.04 bits per heavy atom. The van der Waals surface area contributed by atoms with E-state index in [1.807, 2.05) is 62.4 Å². The molecular formula is C22H27ClN2O2. The first kappa shape index (κ1) is 21.0. The summed E-state index contributed by atoms with van der Waals surface area (Å²) in [4.78, 5) is 27.2. The fraction of sp³-hybridized carbons (Fsp3) is 0.364. The molecule has 0 heterocycles.